The molecule has 0 saturated heterocycles. The Labute approximate surface area is 154 Å². The molecule has 2 rings (SSSR count). The van der Waals surface area contributed by atoms with E-state index in [4.69, 9.17) is 4.74 Å². The molecule has 0 spiro atoms. The predicted molar refractivity (Wildman–Crippen MR) is 103 cm³/mol. The molecule has 0 saturated carbocycles. The Kier molecular flexibility index (Phi) is 6.83. The summed E-state index contributed by atoms with van der Waals surface area (Å²) in [5.41, 5.74) is 2.88. The summed E-state index contributed by atoms with van der Waals surface area (Å²) in [5, 5.41) is 5.47. The minimum absolute atomic E-state index is 0.202. The van der Waals surface area contributed by atoms with E-state index < -0.39 is 12.0 Å². The number of hydrogen-bond donors (Lipinski definition) is 2. The van der Waals surface area contributed by atoms with Crippen LogP contribution in [0.15, 0.2) is 47.7 Å². The van der Waals surface area contributed by atoms with Crippen molar-refractivity contribution in [3.05, 3.63) is 53.3 Å². The fourth-order valence-electron chi connectivity index (χ4n) is 2.98. The number of rotatable bonds is 7. The van der Waals surface area contributed by atoms with Gasteiger partial charge < -0.3 is 20.3 Å². The molecule has 1 aromatic carbocycles. The van der Waals surface area contributed by atoms with Crippen molar-refractivity contribution >= 4 is 17.7 Å². The van der Waals surface area contributed by atoms with Crippen LogP contribution < -0.4 is 15.5 Å². The number of amides is 2. The number of hydrogen-bond acceptors (Lipinski definition) is 4. The first kappa shape index (κ1) is 19.6. The van der Waals surface area contributed by atoms with Gasteiger partial charge in [-0.25, -0.2) is 9.59 Å². The van der Waals surface area contributed by atoms with Crippen LogP contribution in [0.5, 0.6) is 0 Å². The minimum Gasteiger partial charge on any atom is -0.458 e. The fraction of sp³-hybridized carbons (Fsp3) is 0.400. The third kappa shape index (κ3) is 4.45. The van der Waals surface area contributed by atoms with E-state index in [-0.39, 0.29) is 12.6 Å². The van der Waals surface area contributed by atoms with Crippen molar-refractivity contribution in [1.29, 1.82) is 0 Å². The largest absolute Gasteiger partial charge is 0.458 e. The molecule has 2 N–H and O–H groups in total. The Morgan fingerprint density at radius 2 is 1.88 bits per heavy atom. The molecular formula is C20H27N3O3. The van der Waals surface area contributed by atoms with Gasteiger partial charge in [0.25, 0.3) is 0 Å². The van der Waals surface area contributed by atoms with Crippen LogP contribution in [0, 0.1) is 0 Å². The molecule has 1 aliphatic rings. The normalized spacial score (nSPS) is 17.1. The van der Waals surface area contributed by atoms with Crippen molar-refractivity contribution in [1.82, 2.24) is 10.6 Å². The lowest BCUT2D eigenvalue weighted by Gasteiger charge is -2.28. The Hall–Kier alpha value is -2.76. The molecule has 1 unspecified atom stereocenters. The maximum Gasteiger partial charge on any atom is 0.338 e. The molecule has 6 heteroatoms. The van der Waals surface area contributed by atoms with E-state index in [9.17, 15) is 9.59 Å². The van der Waals surface area contributed by atoms with E-state index >= 15 is 0 Å². The molecule has 0 aliphatic carbocycles. The Bertz CT molecular complexity index is 704. The second-order valence-corrected chi connectivity index (χ2v) is 6.00. The summed E-state index contributed by atoms with van der Waals surface area (Å²) in [4.78, 5) is 26.7. The van der Waals surface area contributed by atoms with Gasteiger partial charge in [-0.3, -0.25) is 0 Å². The highest BCUT2D eigenvalue weighted by atomic mass is 16.5. The molecule has 0 fully saturated rings. The average molecular weight is 357 g/mol. The number of carbonyl (C=O) groups excluding carboxylic acids is 2. The van der Waals surface area contributed by atoms with E-state index in [0.29, 0.717) is 11.3 Å². The summed E-state index contributed by atoms with van der Waals surface area (Å²) in [7, 11) is 0. The molecule has 26 heavy (non-hydrogen) atoms. The lowest BCUT2D eigenvalue weighted by molar-refractivity contribution is -0.138. The molecule has 0 bridgehead atoms. The van der Waals surface area contributed by atoms with Crippen LogP contribution in [-0.4, -0.2) is 31.7 Å². The third-order valence-electron chi connectivity index (χ3n) is 4.39. The topological polar surface area (TPSA) is 70.7 Å². The molecule has 2 amide bonds. The van der Waals surface area contributed by atoms with Gasteiger partial charge in [0.2, 0.25) is 0 Å². The summed E-state index contributed by atoms with van der Waals surface area (Å²) in [5.74, 6) is -0.439. The monoisotopic (exact) mass is 357 g/mol. The number of ether oxygens (including phenoxy) is 1. The number of benzene rings is 1. The number of urea groups is 1. The number of allylic oxidation sites excluding steroid dienone is 2. The van der Waals surface area contributed by atoms with Gasteiger partial charge in [0, 0.05) is 24.5 Å². The first-order valence-corrected chi connectivity index (χ1v) is 8.93. The fourth-order valence-corrected chi connectivity index (χ4v) is 2.98. The summed E-state index contributed by atoms with van der Waals surface area (Å²) in [6.07, 6.45) is 3.58. The molecular weight excluding hydrogens is 330 g/mol. The standard InChI is InChI=1S/C20H27N3O3/c1-5-8-13-26-19(24)17-14(4)21-20(25)22-18(17)15-9-11-16(12-10-15)23(6-2)7-3/h5,8-12,18H,6-7,13H2,1-4H3,(H2,21,22,25). The zero-order valence-electron chi connectivity index (χ0n) is 15.8. The first-order chi connectivity index (χ1) is 12.5. The summed E-state index contributed by atoms with van der Waals surface area (Å²) >= 11 is 0. The van der Waals surface area contributed by atoms with Crippen LogP contribution in [-0.2, 0) is 9.53 Å². The number of anilines is 1. The maximum absolute atomic E-state index is 12.5. The quantitative estimate of drug-likeness (QED) is 0.580. The van der Waals surface area contributed by atoms with Crippen LogP contribution in [0.1, 0.15) is 39.3 Å². The Morgan fingerprint density at radius 1 is 1.23 bits per heavy atom. The van der Waals surface area contributed by atoms with Crippen LogP contribution in [0.4, 0.5) is 10.5 Å². The highest BCUT2D eigenvalue weighted by Crippen LogP contribution is 2.29. The van der Waals surface area contributed by atoms with Crippen LogP contribution in [0.2, 0.25) is 0 Å². The SMILES string of the molecule is CC=CCOC(=O)C1=C(C)NC(=O)NC1c1ccc(N(CC)CC)cc1. The molecule has 1 heterocycles. The third-order valence-corrected chi connectivity index (χ3v) is 4.39. The second-order valence-electron chi connectivity index (χ2n) is 6.00. The van der Waals surface area contributed by atoms with E-state index in [1.807, 2.05) is 37.3 Å². The van der Waals surface area contributed by atoms with E-state index in [1.165, 1.54) is 0 Å². The lowest BCUT2D eigenvalue weighted by atomic mass is 9.95. The smallest absolute Gasteiger partial charge is 0.338 e. The molecule has 0 aromatic heterocycles. The molecule has 0 radical (unpaired) electrons. The summed E-state index contributed by atoms with van der Waals surface area (Å²) in [6.45, 7) is 9.82. The maximum atomic E-state index is 12.5. The van der Waals surface area contributed by atoms with E-state index in [1.54, 1.807) is 13.0 Å². The zero-order valence-corrected chi connectivity index (χ0v) is 15.8. The second kappa shape index (κ2) is 9.08. The van der Waals surface area contributed by atoms with E-state index in [2.05, 4.69) is 29.4 Å². The van der Waals surface area contributed by atoms with Gasteiger partial charge in [0.15, 0.2) is 0 Å². The van der Waals surface area contributed by atoms with Crippen LogP contribution >= 0.6 is 0 Å². The predicted octanol–water partition coefficient (Wildman–Crippen LogP) is 3.28. The summed E-state index contributed by atoms with van der Waals surface area (Å²) in [6, 6.07) is 7.04. The van der Waals surface area contributed by atoms with Crippen molar-refractivity contribution in [2.24, 2.45) is 0 Å². The van der Waals surface area contributed by atoms with Gasteiger partial charge in [-0.2, -0.15) is 0 Å². The van der Waals surface area contributed by atoms with Crippen molar-refractivity contribution in [2.45, 2.75) is 33.7 Å². The molecule has 1 aromatic rings. The number of nitrogens with zero attached hydrogens (tertiary/aromatic N) is 1. The van der Waals surface area contributed by atoms with Crippen molar-refractivity contribution in [3.63, 3.8) is 0 Å². The minimum atomic E-state index is -0.535. The van der Waals surface area contributed by atoms with Gasteiger partial charge >= 0.3 is 12.0 Å². The number of carbonyl (C=O) groups is 2. The zero-order chi connectivity index (χ0) is 19.1. The van der Waals surface area contributed by atoms with Gasteiger partial charge in [0.05, 0.1) is 11.6 Å². The van der Waals surface area contributed by atoms with Gasteiger partial charge in [-0.15, -0.1) is 0 Å². The Balaban J connectivity index is 2.30. The average Bonchev–Trinajstić information content (AvgIpc) is 2.62. The van der Waals surface area contributed by atoms with Crippen LogP contribution in [0.25, 0.3) is 0 Å². The van der Waals surface area contributed by atoms with Crippen molar-refractivity contribution in [2.75, 3.05) is 24.6 Å². The molecule has 140 valence electrons. The van der Waals surface area contributed by atoms with Gasteiger partial charge in [-0.1, -0.05) is 24.3 Å². The Morgan fingerprint density at radius 3 is 2.46 bits per heavy atom. The molecule has 1 atom stereocenters. The highest BCUT2D eigenvalue weighted by molar-refractivity contribution is 5.95. The van der Waals surface area contributed by atoms with Gasteiger partial charge in [-0.05, 0) is 45.4 Å². The lowest BCUT2D eigenvalue weighted by Crippen LogP contribution is -2.45. The van der Waals surface area contributed by atoms with Crippen molar-refractivity contribution in [3.8, 4) is 0 Å². The molecule has 1 aliphatic heterocycles. The number of nitrogens with one attached hydrogen (secondary N) is 2. The first-order valence-electron chi connectivity index (χ1n) is 8.93. The van der Waals surface area contributed by atoms with Crippen LogP contribution in [0.3, 0.4) is 0 Å². The van der Waals surface area contributed by atoms with Gasteiger partial charge in [0.1, 0.15) is 6.61 Å². The number of esters is 1. The van der Waals surface area contributed by atoms with Crippen molar-refractivity contribution < 1.29 is 14.3 Å². The molecule has 6 nitrogen and oxygen atoms in total. The summed E-state index contributed by atoms with van der Waals surface area (Å²) < 4.78 is 5.29. The highest BCUT2D eigenvalue weighted by Gasteiger charge is 2.32. The van der Waals surface area contributed by atoms with E-state index in [0.717, 1.165) is 24.3 Å².